The highest BCUT2D eigenvalue weighted by molar-refractivity contribution is 5.96. The van der Waals surface area contributed by atoms with Gasteiger partial charge in [0.1, 0.15) is 11.8 Å². The monoisotopic (exact) mass is 554 g/mol. The van der Waals surface area contributed by atoms with Crippen molar-refractivity contribution in [3.8, 4) is 0 Å². The van der Waals surface area contributed by atoms with Crippen LogP contribution in [-0.2, 0) is 38.2 Å². The Morgan fingerprint density at radius 3 is 1.40 bits per heavy atom. The zero-order valence-corrected chi connectivity index (χ0v) is 22.6. The fourth-order valence-electron chi connectivity index (χ4n) is 3.94. The van der Waals surface area contributed by atoms with E-state index in [9.17, 15) is 39.0 Å². The topological polar surface area (TPSA) is 161 Å². The fraction of sp³-hybridized carbons (Fsp3) is 0.400. The summed E-state index contributed by atoms with van der Waals surface area (Å²) in [5, 5.41) is 18.4. The third-order valence-corrected chi connectivity index (χ3v) is 6.08. The van der Waals surface area contributed by atoms with Crippen LogP contribution in [0.15, 0.2) is 70.9 Å². The van der Waals surface area contributed by atoms with Gasteiger partial charge < -0.3 is 19.7 Å². The van der Waals surface area contributed by atoms with Crippen molar-refractivity contribution in [1.82, 2.24) is 0 Å². The number of allylic oxidation sites excluding steroid dienone is 4. The van der Waals surface area contributed by atoms with Gasteiger partial charge in [0.15, 0.2) is 0 Å². The van der Waals surface area contributed by atoms with Crippen molar-refractivity contribution >= 4 is 35.8 Å². The number of ether oxygens (including phenoxy) is 2. The van der Waals surface area contributed by atoms with Gasteiger partial charge in [-0.25, -0.2) is 9.59 Å². The van der Waals surface area contributed by atoms with Crippen molar-refractivity contribution in [3.05, 3.63) is 70.9 Å². The lowest BCUT2D eigenvalue weighted by molar-refractivity contribution is -0.163. The number of esters is 4. The number of carboxylic acids is 2. The lowest BCUT2D eigenvalue weighted by Crippen LogP contribution is -2.23. The van der Waals surface area contributed by atoms with Gasteiger partial charge in [0, 0.05) is 12.8 Å². The zero-order valence-electron chi connectivity index (χ0n) is 22.6. The lowest BCUT2D eigenvalue weighted by atomic mass is 9.90. The quantitative estimate of drug-likeness (QED) is 0.188. The molecule has 2 rings (SSSR count). The van der Waals surface area contributed by atoms with Gasteiger partial charge in [-0.15, -0.1) is 0 Å². The van der Waals surface area contributed by atoms with E-state index in [0.29, 0.717) is 24.0 Å². The Bertz CT molecular complexity index is 1110. The summed E-state index contributed by atoms with van der Waals surface area (Å²) in [5.41, 5.74) is 0.943. The normalized spacial score (nSPS) is 20.1. The molecule has 40 heavy (non-hydrogen) atoms. The molecule has 0 saturated heterocycles. The molecule has 0 bridgehead atoms. The van der Waals surface area contributed by atoms with Crippen LogP contribution < -0.4 is 0 Å². The third-order valence-electron chi connectivity index (χ3n) is 6.08. The average molecular weight is 555 g/mol. The number of unbranched alkanes of at least 4 members (excludes halogenated alkanes) is 3. The van der Waals surface area contributed by atoms with Crippen molar-refractivity contribution in [1.29, 1.82) is 0 Å². The van der Waals surface area contributed by atoms with Gasteiger partial charge >= 0.3 is 35.8 Å². The molecule has 2 unspecified atom stereocenters. The Balaban J connectivity index is 1.82. The molecule has 214 valence electrons. The average Bonchev–Trinajstić information content (AvgIpc) is 2.92. The molecule has 0 aromatic carbocycles. The maximum atomic E-state index is 12.6. The van der Waals surface area contributed by atoms with Gasteiger partial charge in [-0.05, 0) is 49.0 Å². The Morgan fingerprint density at radius 2 is 1.07 bits per heavy atom. The van der Waals surface area contributed by atoms with Crippen LogP contribution in [0.3, 0.4) is 0 Å². The van der Waals surface area contributed by atoms with E-state index in [2.05, 4.69) is 0 Å². The summed E-state index contributed by atoms with van der Waals surface area (Å²) in [6.45, 7) is 3.87. The van der Waals surface area contributed by atoms with Gasteiger partial charge in [0.05, 0.1) is 11.1 Å². The van der Waals surface area contributed by atoms with Crippen LogP contribution in [0.4, 0.5) is 0 Å². The van der Waals surface area contributed by atoms with Crippen molar-refractivity contribution in [3.63, 3.8) is 0 Å². The standard InChI is InChI=1S/C30H34O10/c1-3-5-9-19-17-21(27(33)34)13-15-23(19)29(37)39-25(31)11-7-8-12-26(32)40-30(38)24-16-14-22(28(35)36)18-20(24)10-6-4-2/h9-10,13-18,23-24H,3-8,11-12H2,1-2H3,(H,33,34)(H,35,36). The highest BCUT2D eigenvalue weighted by atomic mass is 16.6. The van der Waals surface area contributed by atoms with Crippen molar-refractivity contribution < 1.29 is 48.5 Å². The summed E-state index contributed by atoms with van der Waals surface area (Å²) in [6, 6.07) is 0. The van der Waals surface area contributed by atoms with Crippen molar-refractivity contribution in [2.45, 2.75) is 65.2 Å². The van der Waals surface area contributed by atoms with Gasteiger partial charge in [-0.2, -0.15) is 0 Å². The zero-order chi connectivity index (χ0) is 29.7. The lowest BCUT2D eigenvalue weighted by Gasteiger charge is -2.17. The van der Waals surface area contributed by atoms with E-state index < -0.39 is 47.7 Å². The van der Waals surface area contributed by atoms with Crippen LogP contribution in [0.2, 0.25) is 0 Å². The molecule has 10 heteroatoms. The molecule has 0 spiro atoms. The Morgan fingerprint density at radius 1 is 0.700 bits per heavy atom. The predicted molar refractivity (Wildman–Crippen MR) is 143 cm³/mol. The smallest absolute Gasteiger partial charge is 0.335 e. The van der Waals surface area contributed by atoms with Crippen molar-refractivity contribution in [2.24, 2.45) is 11.8 Å². The second-order valence-corrected chi connectivity index (χ2v) is 9.26. The van der Waals surface area contributed by atoms with Gasteiger partial charge in [0.25, 0.3) is 0 Å². The maximum absolute atomic E-state index is 12.6. The minimum atomic E-state index is -1.13. The molecule has 2 N–H and O–H groups in total. The van der Waals surface area contributed by atoms with Crippen molar-refractivity contribution in [2.75, 3.05) is 0 Å². The molecule has 0 amide bonds. The molecule has 2 atom stereocenters. The summed E-state index contributed by atoms with van der Waals surface area (Å²) in [4.78, 5) is 72.0. The number of aliphatic carboxylic acids is 2. The molecule has 10 nitrogen and oxygen atoms in total. The molecule has 2 aliphatic carbocycles. The summed E-state index contributed by atoms with van der Waals surface area (Å²) >= 11 is 0. The maximum Gasteiger partial charge on any atom is 0.335 e. The Labute approximate surface area is 232 Å². The van der Waals surface area contributed by atoms with Gasteiger partial charge in [-0.3, -0.25) is 19.2 Å². The molecule has 0 aromatic heterocycles. The first-order valence-corrected chi connectivity index (χ1v) is 13.2. The Kier molecular flexibility index (Phi) is 12.7. The van der Waals surface area contributed by atoms with Crippen LogP contribution in [0.1, 0.15) is 65.2 Å². The first kappa shape index (κ1) is 31.9. The first-order valence-electron chi connectivity index (χ1n) is 13.2. The largest absolute Gasteiger partial charge is 0.478 e. The number of carboxylic acid groups (broad SMARTS) is 2. The number of hydrogen-bond acceptors (Lipinski definition) is 8. The highest BCUT2D eigenvalue weighted by Gasteiger charge is 2.28. The first-order chi connectivity index (χ1) is 19.1. The minimum absolute atomic E-state index is 0.0253. The highest BCUT2D eigenvalue weighted by Crippen LogP contribution is 2.26. The Hall–Kier alpha value is -4.34. The minimum Gasteiger partial charge on any atom is -0.478 e. The number of carbonyl (C=O) groups is 6. The SMILES string of the molecule is CCCC=C1C=C(C(=O)O)C=CC1C(=O)OC(=O)CCCCC(=O)OC(=O)C1C=CC(C(=O)O)=CC1=CCCC. The number of rotatable bonds is 13. The third kappa shape index (κ3) is 9.76. The summed E-state index contributed by atoms with van der Waals surface area (Å²) < 4.78 is 9.88. The van der Waals surface area contributed by atoms with Crippen LogP contribution in [0, 0.1) is 11.8 Å². The van der Waals surface area contributed by atoms with E-state index in [1.54, 1.807) is 12.2 Å². The molecule has 0 aromatic rings. The van der Waals surface area contributed by atoms with Crippen LogP contribution in [-0.4, -0.2) is 46.0 Å². The number of hydrogen-bond donors (Lipinski definition) is 2. The van der Waals surface area contributed by atoms with Gasteiger partial charge in [0.2, 0.25) is 0 Å². The molecule has 2 aliphatic rings. The second-order valence-electron chi connectivity index (χ2n) is 9.26. The van der Waals surface area contributed by atoms with E-state index in [-0.39, 0.29) is 36.8 Å². The summed E-state index contributed by atoms with van der Waals surface area (Å²) in [7, 11) is 0. The van der Waals surface area contributed by atoms with E-state index in [1.165, 1.54) is 36.5 Å². The van der Waals surface area contributed by atoms with Crippen LogP contribution in [0.25, 0.3) is 0 Å². The van der Waals surface area contributed by atoms with E-state index >= 15 is 0 Å². The fourth-order valence-corrected chi connectivity index (χ4v) is 3.94. The van der Waals surface area contributed by atoms with E-state index in [1.807, 2.05) is 13.8 Å². The van der Waals surface area contributed by atoms with Crippen LogP contribution in [0.5, 0.6) is 0 Å². The summed E-state index contributed by atoms with van der Waals surface area (Å²) in [5.74, 6) is -7.26. The molecule has 0 fully saturated rings. The molecular weight excluding hydrogens is 520 g/mol. The number of carbonyl (C=O) groups excluding carboxylic acids is 4. The molecule has 0 aliphatic heterocycles. The van der Waals surface area contributed by atoms with E-state index in [4.69, 9.17) is 9.47 Å². The predicted octanol–water partition coefficient (Wildman–Crippen LogP) is 4.53. The summed E-state index contributed by atoms with van der Waals surface area (Å²) in [6.07, 6.45) is 14.5. The second kappa shape index (κ2) is 15.9. The molecule has 0 heterocycles. The van der Waals surface area contributed by atoms with E-state index in [0.717, 1.165) is 12.8 Å². The van der Waals surface area contributed by atoms with Gasteiger partial charge in [-0.1, -0.05) is 63.1 Å². The van der Waals surface area contributed by atoms with Crippen LogP contribution >= 0.6 is 0 Å². The molecular formula is C30H34O10. The molecule has 0 saturated carbocycles. The molecule has 0 radical (unpaired) electrons.